The first-order chi connectivity index (χ1) is 9.95. The number of hydrogen-bond donors (Lipinski definition) is 0. The Labute approximate surface area is 125 Å². The molecular formula is C15H22N4O2. The van der Waals surface area contributed by atoms with Gasteiger partial charge in [0.15, 0.2) is 0 Å². The summed E-state index contributed by atoms with van der Waals surface area (Å²) in [5.74, 6) is 1.19. The number of rotatable bonds is 3. The largest absolute Gasteiger partial charge is 0.367 e. The van der Waals surface area contributed by atoms with E-state index in [2.05, 4.69) is 48.8 Å². The molecule has 0 amide bonds. The molecule has 1 aromatic rings. The molecule has 3 rings (SSSR count). The smallest absolute Gasteiger partial charge is 0.231 e. The lowest BCUT2D eigenvalue weighted by Crippen LogP contribution is -2.42. The fraction of sp³-hybridized carbons (Fsp3) is 0.800. The van der Waals surface area contributed by atoms with Crippen LogP contribution < -0.4 is 0 Å². The van der Waals surface area contributed by atoms with E-state index in [-0.39, 0.29) is 23.4 Å². The molecule has 6 nitrogen and oxygen atoms in total. The van der Waals surface area contributed by atoms with Gasteiger partial charge in [-0.25, -0.2) is 0 Å². The summed E-state index contributed by atoms with van der Waals surface area (Å²) in [6.45, 7) is 10.9. The molecule has 1 aromatic heterocycles. The molecule has 2 aliphatic rings. The molecule has 21 heavy (non-hydrogen) atoms. The summed E-state index contributed by atoms with van der Waals surface area (Å²) < 4.78 is 11.2. The van der Waals surface area contributed by atoms with Crippen molar-refractivity contribution in [1.82, 2.24) is 15.0 Å². The topological polar surface area (TPSA) is 75.2 Å². The second-order valence-electron chi connectivity index (χ2n) is 6.84. The van der Waals surface area contributed by atoms with Crippen molar-refractivity contribution in [2.24, 2.45) is 11.3 Å². The maximum Gasteiger partial charge on any atom is 0.231 e. The van der Waals surface area contributed by atoms with Crippen molar-refractivity contribution < 1.29 is 9.26 Å². The van der Waals surface area contributed by atoms with E-state index in [1.165, 1.54) is 0 Å². The number of nitrogens with zero attached hydrogens (tertiary/aromatic N) is 4. The number of morpholine rings is 1. The van der Waals surface area contributed by atoms with Gasteiger partial charge in [0.05, 0.1) is 24.5 Å². The summed E-state index contributed by atoms with van der Waals surface area (Å²) in [4.78, 5) is 6.85. The zero-order valence-electron chi connectivity index (χ0n) is 13.0. The lowest BCUT2D eigenvalue weighted by Gasteiger charge is -2.34. The Hall–Kier alpha value is -1.45. The van der Waals surface area contributed by atoms with Gasteiger partial charge in [-0.15, -0.1) is 0 Å². The average Bonchev–Trinajstić information content (AvgIpc) is 2.82. The van der Waals surface area contributed by atoms with Crippen molar-refractivity contribution in [3.8, 4) is 6.07 Å². The van der Waals surface area contributed by atoms with E-state index in [0.29, 0.717) is 24.4 Å². The maximum atomic E-state index is 9.15. The van der Waals surface area contributed by atoms with Gasteiger partial charge in [-0.2, -0.15) is 10.2 Å². The maximum absolute atomic E-state index is 9.15. The number of aromatic nitrogens is 2. The molecule has 6 heteroatoms. The highest BCUT2D eigenvalue weighted by Crippen LogP contribution is 2.63. The minimum Gasteiger partial charge on any atom is -0.367 e. The molecule has 3 atom stereocenters. The molecular weight excluding hydrogens is 268 g/mol. The van der Waals surface area contributed by atoms with Crippen LogP contribution in [-0.4, -0.2) is 40.8 Å². The molecule has 0 radical (unpaired) electrons. The van der Waals surface area contributed by atoms with E-state index in [0.717, 1.165) is 13.1 Å². The van der Waals surface area contributed by atoms with Crippen molar-refractivity contribution in [3.63, 3.8) is 0 Å². The molecule has 2 heterocycles. The van der Waals surface area contributed by atoms with Crippen molar-refractivity contribution in [2.75, 3.05) is 19.7 Å². The van der Waals surface area contributed by atoms with Crippen LogP contribution >= 0.6 is 0 Å². The third-order valence-electron chi connectivity index (χ3n) is 4.81. The summed E-state index contributed by atoms with van der Waals surface area (Å²) in [5.41, 5.74) is -0.0735. The van der Waals surface area contributed by atoms with Gasteiger partial charge in [-0.05, 0) is 19.3 Å². The lowest BCUT2D eigenvalue weighted by molar-refractivity contribution is -0.0450. The van der Waals surface area contributed by atoms with Gasteiger partial charge in [-0.3, -0.25) is 4.90 Å². The Morgan fingerprint density at radius 2 is 2.19 bits per heavy atom. The molecule has 1 aliphatic heterocycles. The average molecular weight is 290 g/mol. The van der Waals surface area contributed by atoms with E-state index in [9.17, 15) is 0 Å². The molecule has 0 bridgehead atoms. The van der Waals surface area contributed by atoms with Crippen LogP contribution in [0.2, 0.25) is 0 Å². The molecule has 0 aromatic carbocycles. The SMILES string of the molecule is CC(C)N1CCOC(c2noc(C3C(C#N)C3(C)C)n2)C1. The van der Waals surface area contributed by atoms with Gasteiger partial charge in [0, 0.05) is 19.1 Å². The molecule has 114 valence electrons. The van der Waals surface area contributed by atoms with E-state index in [4.69, 9.17) is 14.5 Å². The van der Waals surface area contributed by atoms with Crippen LogP contribution in [0, 0.1) is 22.7 Å². The zero-order chi connectivity index (χ0) is 15.2. The minimum absolute atomic E-state index is 0.0368. The number of nitriles is 1. The molecule has 0 N–H and O–H groups in total. The normalized spacial score (nSPS) is 32.1. The molecule has 1 saturated heterocycles. The molecule has 0 spiro atoms. The van der Waals surface area contributed by atoms with Crippen LogP contribution in [-0.2, 0) is 4.74 Å². The van der Waals surface area contributed by atoms with Crippen LogP contribution in [0.15, 0.2) is 4.52 Å². The highest BCUT2D eigenvalue weighted by Gasteiger charge is 2.62. The van der Waals surface area contributed by atoms with E-state index >= 15 is 0 Å². The minimum atomic E-state index is -0.138. The quantitative estimate of drug-likeness (QED) is 0.848. The van der Waals surface area contributed by atoms with Gasteiger partial charge in [0.2, 0.25) is 11.7 Å². The predicted molar refractivity (Wildman–Crippen MR) is 75.3 cm³/mol. The molecule has 3 unspecified atom stereocenters. The van der Waals surface area contributed by atoms with Crippen LogP contribution in [0.4, 0.5) is 0 Å². The Bertz CT molecular complexity index is 560. The first kappa shape index (κ1) is 14.5. The van der Waals surface area contributed by atoms with E-state index < -0.39 is 0 Å². The molecule has 2 fully saturated rings. The van der Waals surface area contributed by atoms with Gasteiger partial charge in [0.1, 0.15) is 6.10 Å². The fourth-order valence-electron chi connectivity index (χ4n) is 3.14. The highest BCUT2D eigenvalue weighted by molar-refractivity contribution is 5.26. The standard InChI is InChI=1S/C15H22N4O2/c1-9(2)19-5-6-20-11(8-19)13-17-14(21-18-13)12-10(7-16)15(12,3)4/h9-12H,5-6,8H2,1-4H3. The lowest BCUT2D eigenvalue weighted by atomic mass is 10.1. The zero-order valence-corrected chi connectivity index (χ0v) is 13.0. The van der Waals surface area contributed by atoms with Crippen molar-refractivity contribution in [2.45, 2.75) is 45.8 Å². The summed E-state index contributed by atoms with van der Waals surface area (Å²) in [5, 5.41) is 13.2. The van der Waals surface area contributed by atoms with Gasteiger partial charge < -0.3 is 9.26 Å². The summed E-state index contributed by atoms with van der Waals surface area (Å²) >= 11 is 0. The summed E-state index contributed by atoms with van der Waals surface area (Å²) in [6, 6.07) is 2.80. The van der Waals surface area contributed by atoms with Crippen molar-refractivity contribution >= 4 is 0 Å². The number of ether oxygens (including phenoxy) is 1. The van der Waals surface area contributed by atoms with E-state index in [1.807, 2.05) is 0 Å². The Morgan fingerprint density at radius 3 is 2.81 bits per heavy atom. The van der Waals surface area contributed by atoms with Crippen molar-refractivity contribution in [1.29, 1.82) is 5.26 Å². The third-order valence-corrected chi connectivity index (χ3v) is 4.81. The van der Waals surface area contributed by atoms with Crippen LogP contribution in [0.25, 0.3) is 0 Å². The monoisotopic (exact) mass is 290 g/mol. The van der Waals surface area contributed by atoms with Crippen molar-refractivity contribution in [3.05, 3.63) is 11.7 Å². The van der Waals surface area contributed by atoms with Crippen LogP contribution in [0.5, 0.6) is 0 Å². The van der Waals surface area contributed by atoms with Gasteiger partial charge >= 0.3 is 0 Å². The third kappa shape index (κ3) is 2.45. The molecule has 1 aliphatic carbocycles. The Morgan fingerprint density at radius 1 is 1.43 bits per heavy atom. The first-order valence-corrected chi connectivity index (χ1v) is 7.54. The fourth-order valence-corrected chi connectivity index (χ4v) is 3.14. The Balaban J connectivity index is 1.73. The van der Waals surface area contributed by atoms with Crippen LogP contribution in [0.3, 0.4) is 0 Å². The second-order valence-corrected chi connectivity index (χ2v) is 6.84. The predicted octanol–water partition coefficient (Wildman–Crippen LogP) is 2.11. The van der Waals surface area contributed by atoms with Gasteiger partial charge in [0.25, 0.3) is 0 Å². The Kier molecular flexibility index (Phi) is 3.50. The number of hydrogen-bond acceptors (Lipinski definition) is 6. The molecule has 1 saturated carbocycles. The van der Waals surface area contributed by atoms with E-state index in [1.54, 1.807) is 0 Å². The van der Waals surface area contributed by atoms with Gasteiger partial charge in [-0.1, -0.05) is 19.0 Å². The second kappa shape index (κ2) is 5.08. The highest BCUT2D eigenvalue weighted by atomic mass is 16.5. The first-order valence-electron chi connectivity index (χ1n) is 7.54. The summed E-state index contributed by atoms with van der Waals surface area (Å²) in [7, 11) is 0. The van der Waals surface area contributed by atoms with Crippen LogP contribution in [0.1, 0.15) is 51.4 Å². The summed E-state index contributed by atoms with van der Waals surface area (Å²) in [6.07, 6.45) is -0.138.